The molecule has 0 saturated carbocycles. The Morgan fingerprint density at radius 3 is 2.10 bits per heavy atom. The van der Waals surface area contributed by atoms with Crippen molar-refractivity contribution < 1.29 is 0 Å². The van der Waals surface area contributed by atoms with E-state index < -0.39 is 0 Å². The second-order valence-corrected chi connectivity index (χ2v) is 9.18. The normalized spacial score (nSPS) is 15.9. The van der Waals surface area contributed by atoms with Gasteiger partial charge in [-0.3, -0.25) is 0 Å². The van der Waals surface area contributed by atoms with E-state index in [-0.39, 0.29) is 6.04 Å². The van der Waals surface area contributed by atoms with E-state index in [1.54, 1.807) is 11.3 Å². The molecule has 3 nitrogen and oxygen atoms in total. The molecular formula is C26H22ClN3S. The molecule has 31 heavy (non-hydrogen) atoms. The zero-order valence-electron chi connectivity index (χ0n) is 17.4. The third-order valence-electron chi connectivity index (χ3n) is 5.59. The van der Waals surface area contributed by atoms with Crippen LogP contribution in [0.2, 0.25) is 5.02 Å². The van der Waals surface area contributed by atoms with Crippen molar-refractivity contribution in [3.05, 3.63) is 105 Å². The highest BCUT2D eigenvalue weighted by molar-refractivity contribution is 7.14. The minimum atomic E-state index is 0.0885. The van der Waals surface area contributed by atoms with Crippen LogP contribution in [-0.2, 0) is 0 Å². The second kappa shape index (κ2) is 8.29. The quantitative estimate of drug-likeness (QED) is 0.328. The number of halogens is 1. The average molecular weight is 444 g/mol. The number of rotatable bonds is 4. The number of thiazole rings is 1. The molecule has 1 atom stereocenters. The summed E-state index contributed by atoms with van der Waals surface area (Å²) in [6.07, 6.45) is 0.824. The summed E-state index contributed by atoms with van der Waals surface area (Å²) in [7, 11) is 0. The SMILES string of the molecule is Cc1ccc(C2=NN(c3nc(-c4ccc(C)cc4)cs3)[C@H](c3ccc(Cl)cc3)C2)cc1. The molecule has 0 fully saturated rings. The van der Waals surface area contributed by atoms with E-state index >= 15 is 0 Å². The predicted octanol–water partition coefficient (Wildman–Crippen LogP) is 7.44. The van der Waals surface area contributed by atoms with Gasteiger partial charge < -0.3 is 0 Å². The van der Waals surface area contributed by atoms with Crippen LogP contribution in [0.1, 0.15) is 34.7 Å². The predicted molar refractivity (Wildman–Crippen MR) is 131 cm³/mol. The van der Waals surface area contributed by atoms with E-state index in [9.17, 15) is 0 Å². The van der Waals surface area contributed by atoms with Crippen LogP contribution in [0.15, 0.2) is 83.3 Å². The standard InChI is InChI=1S/C26H22ClN3S/c1-17-3-7-19(8-4-17)23-15-25(21-11-13-22(27)14-12-21)30(29-23)26-28-24(16-31-26)20-9-5-18(2)6-10-20/h3-14,16,25H,15H2,1-2H3/t25-/m0/s1. The van der Waals surface area contributed by atoms with Crippen LogP contribution in [0.25, 0.3) is 11.3 Å². The van der Waals surface area contributed by atoms with Crippen LogP contribution in [0.3, 0.4) is 0 Å². The zero-order valence-corrected chi connectivity index (χ0v) is 19.0. The lowest BCUT2D eigenvalue weighted by Crippen LogP contribution is -2.18. The van der Waals surface area contributed by atoms with Crippen molar-refractivity contribution in [2.75, 3.05) is 5.01 Å². The molecule has 5 heteroatoms. The van der Waals surface area contributed by atoms with Gasteiger partial charge in [0.05, 0.1) is 17.4 Å². The van der Waals surface area contributed by atoms with Gasteiger partial charge in [0.15, 0.2) is 0 Å². The van der Waals surface area contributed by atoms with Crippen molar-refractivity contribution in [1.82, 2.24) is 4.98 Å². The van der Waals surface area contributed by atoms with Gasteiger partial charge in [-0.1, -0.05) is 83.4 Å². The minimum absolute atomic E-state index is 0.0885. The van der Waals surface area contributed by atoms with Crippen LogP contribution in [0, 0.1) is 13.8 Å². The molecule has 0 amide bonds. The highest BCUT2D eigenvalue weighted by Crippen LogP contribution is 2.39. The van der Waals surface area contributed by atoms with Gasteiger partial charge in [0.25, 0.3) is 0 Å². The van der Waals surface area contributed by atoms with Crippen LogP contribution >= 0.6 is 22.9 Å². The Bertz CT molecular complexity index is 1230. The smallest absolute Gasteiger partial charge is 0.207 e. The molecule has 2 heterocycles. The van der Waals surface area contributed by atoms with E-state index in [0.717, 1.165) is 39.1 Å². The minimum Gasteiger partial charge on any atom is -0.231 e. The lowest BCUT2D eigenvalue weighted by atomic mass is 9.98. The van der Waals surface area contributed by atoms with Crippen LogP contribution in [0.4, 0.5) is 5.13 Å². The van der Waals surface area contributed by atoms with E-state index in [1.807, 2.05) is 12.1 Å². The van der Waals surface area contributed by atoms with Crippen molar-refractivity contribution in [3.8, 4) is 11.3 Å². The van der Waals surface area contributed by atoms with Gasteiger partial charge in [-0.25, -0.2) is 9.99 Å². The summed E-state index contributed by atoms with van der Waals surface area (Å²) in [6, 6.07) is 25.2. The zero-order chi connectivity index (χ0) is 21.4. The second-order valence-electron chi connectivity index (χ2n) is 7.91. The third-order valence-corrected chi connectivity index (χ3v) is 6.67. The van der Waals surface area contributed by atoms with Gasteiger partial charge in [-0.15, -0.1) is 11.3 Å². The first kappa shape index (κ1) is 20.0. The maximum Gasteiger partial charge on any atom is 0.207 e. The highest BCUT2D eigenvalue weighted by atomic mass is 35.5. The lowest BCUT2D eigenvalue weighted by Gasteiger charge is -2.21. The van der Waals surface area contributed by atoms with Crippen molar-refractivity contribution in [1.29, 1.82) is 0 Å². The summed E-state index contributed by atoms with van der Waals surface area (Å²) in [5.74, 6) is 0. The molecule has 0 spiro atoms. The number of hydrogen-bond donors (Lipinski definition) is 0. The number of nitrogens with zero attached hydrogens (tertiary/aromatic N) is 3. The van der Waals surface area contributed by atoms with E-state index in [1.165, 1.54) is 16.7 Å². The molecule has 0 aliphatic carbocycles. The van der Waals surface area contributed by atoms with E-state index in [2.05, 4.69) is 84.9 Å². The van der Waals surface area contributed by atoms with Gasteiger partial charge in [0.1, 0.15) is 0 Å². The molecule has 3 aromatic carbocycles. The summed E-state index contributed by atoms with van der Waals surface area (Å²) in [4.78, 5) is 4.94. The molecular weight excluding hydrogens is 422 g/mol. The molecule has 154 valence electrons. The summed E-state index contributed by atoms with van der Waals surface area (Å²) in [6.45, 7) is 4.20. The van der Waals surface area contributed by atoms with Crippen molar-refractivity contribution in [3.63, 3.8) is 0 Å². The fourth-order valence-electron chi connectivity index (χ4n) is 3.78. The topological polar surface area (TPSA) is 28.5 Å². The summed E-state index contributed by atoms with van der Waals surface area (Å²) < 4.78 is 0. The van der Waals surface area contributed by atoms with Gasteiger partial charge in [0.2, 0.25) is 5.13 Å². The van der Waals surface area contributed by atoms with E-state index in [4.69, 9.17) is 21.7 Å². The van der Waals surface area contributed by atoms with Crippen LogP contribution in [-0.4, -0.2) is 10.7 Å². The molecule has 0 radical (unpaired) electrons. The van der Waals surface area contributed by atoms with Gasteiger partial charge in [0, 0.05) is 22.4 Å². The molecule has 1 aliphatic heterocycles. The highest BCUT2D eigenvalue weighted by Gasteiger charge is 2.31. The first-order chi connectivity index (χ1) is 15.1. The first-order valence-electron chi connectivity index (χ1n) is 10.3. The Kier molecular flexibility index (Phi) is 5.34. The molecule has 1 aromatic heterocycles. The van der Waals surface area contributed by atoms with Crippen LogP contribution in [0.5, 0.6) is 0 Å². The summed E-state index contributed by atoms with van der Waals surface area (Å²) in [5.41, 5.74) is 8.01. The maximum absolute atomic E-state index is 6.14. The Morgan fingerprint density at radius 2 is 1.45 bits per heavy atom. The molecule has 1 aliphatic rings. The largest absolute Gasteiger partial charge is 0.231 e. The van der Waals surface area contributed by atoms with Crippen molar-refractivity contribution >= 4 is 33.8 Å². The lowest BCUT2D eigenvalue weighted by molar-refractivity contribution is 0.706. The van der Waals surface area contributed by atoms with Crippen molar-refractivity contribution in [2.45, 2.75) is 26.3 Å². The Labute approximate surface area is 191 Å². The fraction of sp³-hybridized carbons (Fsp3) is 0.154. The number of aromatic nitrogens is 1. The maximum atomic E-state index is 6.14. The Balaban J connectivity index is 1.52. The molecule has 4 aromatic rings. The average Bonchev–Trinajstić information content (AvgIpc) is 3.43. The van der Waals surface area contributed by atoms with Crippen molar-refractivity contribution in [2.24, 2.45) is 5.10 Å². The Morgan fingerprint density at radius 1 is 0.839 bits per heavy atom. The van der Waals surface area contributed by atoms with E-state index in [0.29, 0.717) is 0 Å². The van der Waals surface area contributed by atoms with Gasteiger partial charge >= 0.3 is 0 Å². The van der Waals surface area contributed by atoms with Gasteiger partial charge in [-0.2, -0.15) is 5.10 Å². The first-order valence-corrected chi connectivity index (χ1v) is 11.5. The molecule has 0 unspecified atom stereocenters. The molecule has 0 saturated heterocycles. The third kappa shape index (κ3) is 4.14. The fourth-order valence-corrected chi connectivity index (χ4v) is 4.74. The Hall–Kier alpha value is -2.95. The summed E-state index contributed by atoms with van der Waals surface area (Å²) in [5, 5.41) is 10.8. The number of aryl methyl sites for hydroxylation is 2. The number of hydrazone groups is 1. The summed E-state index contributed by atoms with van der Waals surface area (Å²) >= 11 is 7.77. The number of hydrogen-bond acceptors (Lipinski definition) is 4. The molecule has 5 rings (SSSR count). The number of benzene rings is 3. The molecule has 0 bridgehead atoms. The van der Waals surface area contributed by atoms with Gasteiger partial charge in [-0.05, 0) is 37.1 Å². The monoisotopic (exact) mass is 443 g/mol. The number of anilines is 1. The molecule has 0 N–H and O–H groups in total. The van der Waals surface area contributed by atoms with Crippen LogP contribution < -0.4 is 5.01 Å².